The molecule has 0 saturated carbocycles. The largest absolute Gasteiger partial charge is 0.339 e. The van der Waals surface area contributed by atoms with Crippen LogP contribution in [-0.2, 0) is 6.54 Å². The molecular weight excluding hydrogens is 286 g/mol. The number of fused-ring (bicyclic) bond motifs is 1. The molecule has 0 aliphatic heterocycles. The van der Waals surface area contributed by atoms with Gasteiger partial charge in [0.2, 0.25) is 0 Å². The van der Waals surface area contributed by atoms with Crippen molar-refractivity contribution in [1.29, 1.82) is 0 Å². The Kier molecular flexibility index (Phi) is 3.59. The molecule has 0 aliphatic carbocycles. The summed E-state index contributed by atoms with van der Waals surface area (Å²) in [6.07, 6.45) is 1.65. The van der Waals surface area contributed by atoms with Crippen molar-refractivity contribution in [3.8, 4) is 0 Å². The predicted molar refractivity (Wildman–Crippen MR) is 84.0 cm³/mol. The van der Waals surface area contributed by atoms with Crippen LogP contribution in [0.2, 0.25) is 5.02 Å². The van der Waals surface area contributed by atoms with E-state index in [0.29, 0.717) is 16.0 Å². The number of nitrogens with zero attached hydrogens (tertiary/aromatic N) is 1. The zero-order valence-electron chi connectivity index (χ0n) is 11.1. The Morgan fingerprint density at radius 2 is 1.71 bits per heavy atom. The molecule has 1 heterocycles. The van der Waals surface area contributed by atoms with Gasteiger partial charge < -0.3 is 4.57 Å². The van der Waals surface area contributed by atoms with E-state index in [9.17, 15) is 9.59 Å². The van der Waals surface area contributed by atoms with Crippen molar-refractivity contribution in [2.45, 2.75) is 6.54 Å². The van der Waals surface area contributed by atoms with E-state index in [2.05, 4.69) is 0 Å². The van der Waals surface area contributed by atoms with Crippen molar-refractivity contribution in [3.63, 3.8) is 0 Å². The Labute approximate surface area is 126 Å². The molecule has 3 aromatic rings. The number of hydrogen-bond acceptors (Lipinski definition) is 2. The Hall–Kier alpha value is -2.39. The summed E-state index contributed by atoms with van der Waals surface area (Å²) in [5, 5.41) is 1.21. The average Bonchev–Trinajstić information content (AvgIpc) is 2.51. The van der Waals surface area contributed by atoms with Gasteiger partial charge in [-0.05, 0) is 36.4 Å². The van der Waals surface area contributed by atoms with E-state index in [1.54, 1.807) is 41.1 Å². The molecule has 3 nitrogen and oxygen atoms in total. The van der Waals surface area contributed by atoms with Crippen LogP contribution in [0.5, 0.6) is 0 Å². The van der Waals surface area contributed by atoms with E-state index in [0.717, 1.165) is 5.52 Å². The maximum Gasteiger partial charge on any atom is 0.189 e. The minimum absolute atomic E-state index is 0.0273. The van der Waals surface area contributed by atoms with E-state index < -0.39 is 0 Å². The number of pyridine rings is 1. The summed E-state index contributed by atoms with van der Waals surface area (Å²) in [6, 6.07) is 15.5. The number of rotatable bonds is 3. The van der Waals surface area contributed by atoms with Crippen molar-refractivity contribution < 1.29 is 4.79 Å². The first-order valence-corrected chi connectivity index (χ1v) is 6.90. The summed E-state index contributed by atoms with van der Waals surface area (Å²) < 4.78 is 1.79. The summed E-state index contributed by atoms with van der Waals surface area (Å²) >= 11 is 5.82. The minimum Gasteiger partial charge on any atom is -0.339 e. The molecule has 0 aliphatic rings. The van der Waals surface area contributed by atoms with Gasteiger partial charge in [-0.25, -0.2) is 0 Å². The van der Waals surface area contributed by atoms with Crippen molar-refractivity contribution in [2.24, 2.45) is 0 Å². The summed E-state index contributed by atoms with van der Waals surface area (Å²) in [5.74, 6) is -0.0273. The standard InChI is InChI=1S/C17H12ClNO2/c18-13-7-5-12(6-8-13)17(21)11-19-10-9-16(20)14-3-1-2-4-15(14)19/h1-10H,11H2. The van der Waals surface area contributed by atoms with Crippen LogP contribution < -0.4 is 5.43 Å². The summed E-state index contributed by atoms with van der Waals surface area (Å²) in [4.78, 5) is 24.1. The third kappa shape index (κ3) is 2.73. The monoisotopic (exact) mass is 297 g/mol. The molecule has 0 N–H and O–H groups in total. The molecule has 4 heteroatoms. The molecular formula is C17H12ClNO2. The number of para-hydroxylation sites is 1. The zero-order valence-corrected chi connectivity index (χ0v) is 11.9. The fourth-order valence-electron chi connectivity index (χ4n) is 2.28. The van der Waals surface area contributed by atoms with Gasteiger partial charge in [-0.15, -0.1) is 0 Å². The highest BCUT2D eigenvalue weighted by molar-refractivity contribution is 6.30. The van der Waals surface area contributed by atoms with Crippen LogP contribution in [0, 0.1) is 0 Å². The van der Waals surface area contributed by atoms with Gasteiger partial charge in [0.15, 0.2) is 11.2 Å². The van der Waals surface area contributed by atoms with Gasteiger partial charge in [0.05, 0.1) is 12.1 Å². The molecule has 0 saturated heterocycles. The van der Waals surface area contributed by atoms with Gasteiger partial charge >= 0.3 is 0 Å². The van der Waals surface area contributed by atoms with Crippen LogP contribution in [0.1, 0.15) is 10.4 Å². The Morgan fingerprint density at radius 1 is 1.00 bits per heavy atom. The van der Waals surface area contributed by atoms with E-state index >= 15 is 0 Å². The highest BCUT2D eigenvalue weighted by atomic mass is 35.5. The van der Waals surface area contributed by atoms with Crippen LogP contribution in [-0.4, -0.2) is 10.4 Å². The second kappa shape index (κ2) is 5.54. The Bertz CT molecular complexity index is 866. The number of hydrogen-bond donors (Lipinski definition) is 0. The first-order valence-electron chi connectivity index (χ1n) is 6.52. The van der Waals surface area contributed by atoms with Gasteiger partial charge in [0.25, 0.3) is 0 Å². The first kappa shape index (κ1) is 13.6. The normalized spacial score (nSPS) is 10.7. The lowest BCUT2D eigenvalue weighted by atomic mass is 10.1. The van der Waals surface area contributed by atoms with Gasteiger partial charge in [-0.2, -0.15) is 0 Å². The lowest BCUT2D eigenvalue weighted by Gasteiger charge is -2.10. The summed E-state index contributed by atoms with van der Waals surface area (Å²) in [7, 11) is 0. The maximum atomic E-state index is 12.3. The van der Waals surface area contributed by atoms with Gasteiger partial charge in [-0.3, -0.25) is 9.59 Å². The second-order valence-corrected chi connectivity index (χ2v) is 5.19. The van der Waals surface area contributed by atoms with E-state index in [1.807, 2.05) is 18.2 Å². The number of benzene rings is 2. The molecule has 0 bridgehead atoms. The molecule has 1 aromatic heterocycles. The highest BCUT2D eigenvalue weighted by Gasteiger charge is 2.09. The average molecular weight is 298 g/mol. The fraction of sp³-hybridized carbons (Fsp3) is 0.0588. The molecule has 3 rings (SSSR count). The molecule has 0 unspecified atom stereocenters. The molecule has 0 spiro atoms. The first-order chi connectivity index (χ1) is 10.1. The van der Waals surface area contributed by atoms with Crippen LogP contribution >= 0.6 is 11.6 Å². The van der Waals surface area contributed by atoms with Gasteiger partial charge in [-0.1, -0.05) is 23.7 Å². The topological polar surface area (TPSA) is 39.1 Å². The second-order valence-electron chi connectivity index (χ2n) is 4.76. The number of ketones is 1. The zero-order chi connectivity index (χ0) is 14.8. The van der Waals surface area contributed by atoms with Crippen molar-refractivity contribution in [1.82, 2.24) is 4.57 Å². The maximum absolute atomic E-state index is 12.3. The van der Waals surface area contributed by atoms with Crippen LogP contribution in [0.15, 0.2) is 65.6 Å². The molecule has 104 valence electrons. The van der Waals surface area contributed by atoms with Crippen LogP contribution in [0.25, 0.3) is 10.9 Å². The number of carbonyl (C=O) groups excluding carboxylic acids is 1. The quantitative estimate of drug-likeness (QED) is 0.694. The molecule has 0 amide bonds. The summed E-state index contributed by atoms with van der Waals surface area (Å²) in [6.45, 7) is 0.183. The predicted octanol–water partition coefficient (Wildman–Crippen LogP) is 3.54. The number of carbonyl (C=O) groups is 1. The van der Waals surface area contributed by atoms with Crippen LogP contribution in [0.3, 0.4) is 0 Å². The third-order valence-corrected chi connectivity index (χ3v) is 3.62. The highest BCUT2D eigenvalue weighted by Crippen LogP contribution is 2.13. The molecule has 0 fully saturated rings. The van der Waals surface area contributed by atoms with Crippen molar-refractivity contribution >= 4 is 28.3 Å². The van der Waals surface area contributed by atoms with Crippen LogP contribution in [0.4, 0.5) is 0 Å². The van der Waals surface area contributed by atoms with Gasteiger partial charge in [0.1, 0.15) is 0 Å². The third-order valence-electron chi connectivity index (χ3n) is 3.36. The number of halogens is 1. The molecule has 21 heavy (non-hydrogen) atoms. The molecule has 0 radical (unpaired) electrons. The number of Topliss-reactive ketones (excluding diaryl/α,β-unsaturated/α-hetero) is 1. The Morgan fingerprint density at radius 3 is 2.48 bits per heavy atom. The van der Waals surface area contributed by atoms with E-state index in [1.165, 1.54) is 6.07 Å². The Balaban J connectivity index is 1.99. The minimum atomic E-state index is -0.0409. The molecule has 0 atom stereocenters. The van der Waals surface area contributed by atoms with E-state index in [-0.39, 0.29) is 17.8 Å². The van der Waals surface area contributed by atoms with Crippen molar-refractivity contribution in [2.75, 3.05) is 0 Å². The SMILES string of the molecule is O=C(Cn1ccc(=O)c2ccccc21)c1ccc(Cl)cc1. The lowest BCUT2D eigenvalue weighted by Crippen LogP contribution is -2.14. The number of aromatic nitrogens is 1. The fourth-order valence-corrected chi connectivity index (χ4v) is 2.41. The summed E-state index contributed by atoms with van der Waals surface area (Å²) in [5.41, 5.74) is 1.32. The smallest absolute Gasteiger partial charge is 0.189 e. The van der Waals surface area contributed by atoms with Crippen molar-refractivity contribution in [3.05, 3.63) is 81.6 Å². The van der Waals surface area contributed by atoms with E-state index in [4.69, 9.17) is 11.6 Å². The lowest BCUT2D eigenvalue weighted by molar-refractivity contribution is 0.0973. The molecule has 2 aromatic carbocycles. The van der Waals surface area contributed by atoms with Gasteiger partial charge in [0, 0.05) is 28.2 Å².